The fourth-order valence-electron chi connectivity index (χ4n) is 2.86. The number of carbonyl (C=O) groups excluding carboxylic acids is 2. The Hall–Kier alpha value is -3.78. The molecule has 0 fully saturated rings. The molecule has 1 aliphatic rings. The predicted octanol–water partition coefficient (Wildman–Crippen LogP) is 4.18. The lowest BCUT2D eigenvalue weighted by molar-refractivity contribution is -0.130. The minimum absolute atomic E-state index is 0.157. The van der Waals surface area contributed by atoms with Crippen molar-refractivity contribution in [2.24, 2.45) is 4.99 Å². The van der Waals surface area contributed by atoms with Crippen LogP contribution in [0.2, 0.25) is 0 Å². The van der Waals surface area contributed by atoms with Crippen molar-refractivity contribution in [2.45, 2.75) is 6.92 Å². The quantitative estimate of drug-likeness (QED) is 0.458. The minimum Gasteiger partial charge on any atom is -0.497 e. The molecule has 2 aromatic carbocycles. The van der Waals surface area contributed by atoms with E-state index in [1.54, 1.807) is 42.8 Å². The SMILES string of the molecule is COc1ccc(N(C(C)=O)c2nc(C=C3N=C(c4ccccc4)OC3=O)cs2)cc1. The molecule has 0 unspecified atom stereocenters. The maximum absolute atomic E-state index is 12.3. The number of amides is 1. The van der Waals surface area contributed by atoms with E-state index in [0.29, 0.717) is 22.3 Å². The fourth-order valence-corrected chi connectivity index (χ4v) is 3.70. The van der Waals surface area contributed by atoms with Gasteiger partial charge in [0.2, 0.25) is 11.8 Å². The van der Waals surface area contributed by atoms with Crippen LogP contribution in [0, 0.1) is 0 Å². The van der Waals surface area contributed by atoms with E-state index in [-0.39, 0.29) is 17.5 Å². The number of rotatable bonds is 5. The van der Waals surface area contributed by atoms with Crippen molar-refractivity contribution in [3.05, 3.63) is 76.9 Å². The maximum atomic E-state index is 12.3. The Morgan fingerprint density at radius 1 is 1.13 bits per heavy atom. The zero-order chi connectivity index (χ0) is 21.1. The lowest BCUT2D eigenvalue weighted by atomic mass is 10.2. The molecule has 0 aliphatic carbocycles. The molecular weight excluding hydrogens is 402 g/mol. The van der Waals surface area contributed by atoms with Crippen LogP contribution in [0.5, 0.6) is 5.75 Å². The van der Waals surface area contributed by atoms with Gasteiger partial charge < -0.3 is 9.47 Å². The molecule has 30 heavy (non-hydrogen) atoms. The number of cyclic esters (lactones) is 1. The third-order valence-electron chi connectivity index (χ3n) is 4.27. The Kier molecular flexibility index (Phi) is 5.40. The van der Waals surface area contributed by atoms with E-state index in [0.717, 1.165) is 5.56 Å². The molecule has 1 amide bonds. The summed E-state index contributed by atoms with van der Waals surface area (Å²) < 4.78 is 10.4. The van der Waals surface area contributed by atoms with Gasteiger partial charge in [0.05, 0.1) is 18.5 Å². The van der Waals surface area contributed by atoms with Crippen LogP contribution >= 0.6 is 11.3 Å². The Labute approximate surface area is 176 Å². The number of aliphatic imine (C=N–C) groups is 1. The number of esters is 1. The van der Waals surface area contributed by atoms with Gasteiger partial charge in [-0.2, -0.15) is 0 Å². The second-order valence-corrected chi connectivity index (χ2v) is 7.15. The summed E-state index contributed by atoms with van der Waals surface area (Å²) >= 11 is 1.29. The van der Waals surface area contributed by atoms with Gasteiger partial charge in [-0.3, -0.25) is 9.69 Å². The molecule has 8 heteroatoms. The number of hydrogen-bond donors (Lipinski definition) is 0. The molecule has 0 saturated carbocycles. The fraction of sp³-hybridized carbons (Fsp3) is 0.0909. The number of thiazole rings is 1. The zero-order valence-electron chi connectivity index (χ0n) is 16.2. The number of aromatic nitrogens is 1. The van der Waals surface area contributed by atoms with Crippen LogP contribution in [-0.4, -0.2) is 29.9 Å². The molecule has 0 radical (unpaired) electrons. The van der Waals surface area contributed by atoms with Crippen molar-refractivity contribution in [1.82, 2.24) is 4.98 Å². The highest BCUT2D eigenvalue weighted by Gasteiger charge is 2.25. The van der Waals surface area contributed by atoms with Gasteiger partial charge in [0, 0.05) is 17.9 Å². The van der Waals surface area contributed by atoms with Crippen molar-refractivity contribution in [1.29, 1.82) is 0 Å². The third kappa shape index (κ3) is 3.99. The van der Waals surface area contributed by atoms with Crippen molar-refractivity contribution < 1.29 is 19.1 Å². The van der Waals surface area contributed by atoms with Crippen LogP contribution in [-0.2, 0) is 14.3 Å². The van der Waals surface area contributed by atoms with Gasteiger partial charge >= 0.3 is 5.97 Å². The second kappa shape index (κ2) is 8.30. The van der Waals surface area contributed by atoms with Crippen molar-refractivity contribution in [2.75, 3.05) is 12.0 Å². The van der Waals surface area contributed by atoms with E-state index in [4.69, 9.17) is 9.47 Å². The molecule has 0 N–H and O–H groups in total. The van der Waals surface area contributed by atoms with Crippen molar-refractivity contribution in [3.63, 3.8) is 0 Å². The maximum Gasteiger partial charge on any atom is 0.363 e. The van der Waals surface area contributed by atoms with E-state index in [9.17, 15) is 9.59 Å². The van der Waals surface area contributed by atoms with Crippen molar-refractivity contribution in [3.8, 4) is 5.75 Å². The van der Waals surface area contributed by atoms with E-state index in [1.807, 2.05) is 30.3 Å². The second-order valence-electron chi connectivity index (χ2n) is 6.31. The number of methoxy groups -OCH3 is 1. The summed E-state index contributed by atoms with van der Waals surface area (Å²) in [5, 5.41) is 2.24. The van der Waals surface area contributed by atoms with E-state index >= 15 is 0 Å². The molecule has 3 aromatic rings. The highest BCUT2D eigenvalue weighted by Crippen LogP contribution is 2.31. The summed E-state index contributed by atoms with van der Waals surface area (Å²) in [6, 6.07) is 16.3. The largest absolute Gasteiger partial charge is 0.497 e. The van der Waals surface area contributed by atoms with Crippen LogP contribution in [0.25, 0.3) is 6.08 Å². The van der Waals surface area contributed by atoms with Gasteiger partial charge in [0.1, 0.15) is 5.75 Å². The average Bonchev–Trinajstić information content (AvgIpc) is 3.36. The first-order valence-corrected chi connectivity index (χ1v) is 9.91. The summed E-state index contributed by atoms with van der Waals surface area (Å²) in [7, 11) is 1.58. The van der Waals surface area contributed by atoms with Gasteiger partial charge in [0.15, 0.2) is 10.8 Å². The summed E-state index contributed by atoms with van der Waals surface area (Å²) in [5.41, 5.74) is 2.06. The summed E-state index contributed by atoms with van der Waals surface area (Å²) in [6.07, 6.45) is 1.55. The predicted molar refractivity (Wildman–Crippen MR) is 115 cm³/mol. The molecule has 1 aliphatic heterocycles. The molecule has 0 bridgehead atoms. The smallest absolute Gasteiger partial charge is 0.363 e. The first kappa shape index (κ1) is 19.5. The molecule has 4 rings (SSSR count). The Morgan fingerprint density at radius 2 is 1.87 bits per heavy atom. The Balaban J connectivity index is 1.61. The standard InChI is InChI=1S/C22H17N3O4S/c1-14(26)25(17-8-10-18(28-2)11-9-17)22-23-16(13-30-22)12-19-21(27)29-20(24-19)15-6-4-3-5-7-15/h3-13H,1-2H3. The third-order valence-corrected chi connectivity index (χ3v) is 5.12. The van der Waals surface area contributed by atoms with Gasteiger partial charge in [-0.15, -0.1) is 11.3 Å². The van der Waals surface area contributed by atoms with Crippen LogP contribution < -0.4 is 9.64 Å². The van der Waals surface area contributed by atoms with Crippen LogP contribution in [0.1, 0.15) is 18.2 Å². The molecular formula is C22H17N3O4S. The zero-order valence-corrected chi connectivity index (χ0v) is 17.1. The van der Waals surface area contributed by atoms with E-state index < -0.39 is 5.97 Å². The van der Waals surface area contributed by atoms with Crippen molar-refractivity contribution >= 4 is 46.0 Å². The van der Waals surface area contributed by atoms with Gasteiger partial charge in [0.25, 0.3) is 0 Å². The molecule has 150 valence electrons. The van der Waals surface area contributed by atoms with Gasteiger partial charge in [-0.25, -0.2) is 14.8 Å². The molecule has 0 atom stereocenters. The first-order valence-electron chi connectivity index (χ1n) is 9.03. The summed E-state index contributed by atoms with van der Waals surface area (Å²) in [6.45, 7) is 1.47. The molecule has 2 heterocycles. The number of benzene rings is 2. The van der Waals surface area contributed by atoms with Gasteiger partial charge in [-0.1, -0.05) is 18.2 Å². The molecule has 7 nitrogen and oxygen atoms in total. The lowest BCUT2D eigenvalue weighted by Gasteiger charge is -2.18. The van der Waals surface area contributed by atoms with E-state index in [2.05, 4.69) is 9.98 Å². The minimum atomic E-state index is -0.540. The number of hydrogen-bond acceptors (Lipinski definition) is 7. The highest BCUT2D eigenvalue weighted by molar-refractivity contribution is 7.14. The first-order chi connectivity index (χ1) is 14.5. The number of anilines is 2. The summed E-state index contributed by atoms with van der Waals surface area (Å²) in [4.78, 5) is 34.7. The number of ether oxygens (including phenoxy) is 2. The normalized spacial score (nSPS) is 14.4. The molecule has 1 aromatic heterocycles. The van der Waals surface area contributed by atoms with Crippen LogP contribution in [0.4, 0.5) is 10.8 Å². The van der Waals surface area contributed by atoms with Gasteiger partial charge in [-0.05, 0) is 42.5 Å². The highest BCUT2D eigenvalue weighted by atomic mass is 32.1. The Bertz CT molecular complexity index is 1150. The van der Waals surface area contributed by atoms with Crippen LogP contribution in [0.3, 0.4) is 0 Å². The number of carbonyl (C=O) groups is 2. The average molecular weight is 419 g/mol. The molecule has 0 saturated heterocycles. The lowest BCUT2D eigenvalue weighted by Crippen LogP contribution is -2.22. The monoisotopic (exact) mass is 419 g/mol. The topological polar surface area (TPSA) is 81.1 Å². The van der Waals surface area contributed by atoms with Crippen LogP contribution in [0.15, 0.2) is 70.7 Å². The Morgan fingerprint density at radius 3 is 2.53 bits per heavy atom. The molecule has 0 spiro atoms. The summed E-state index contributed by atoms with van der Waals surface area (Å²) in [5.74, 6) is 0.227. The van der Waals surface area contributed by atoms with E-state index in [1.165, 1.54) is 23.2 Å². The number of nitrogens with zero attached hydrogens (tertiary/aromatic N) is 3.